The van der Waals surface area contributed by atoms with E-state index in [9.17, 15) is 14.9 Å². The molecule has 0 aromatic heterocycles. The summed E-state index contributed by atoms with van der Waals surface area (Å²) < 4.78 is 0. The third kappa shape index (κ3) is 2.87. The molecule has 0 radical (unpaired) electrons. The fourth-order valence-electron chi connectivity index (χ4n) is 2.16. The number of amides is 1. The van der Waals surface area contributed by atoms with Gasteiger partial charge in [-0.15, -0.1) is 11.6 Å². The zero-order valence-electron chi connectivity index (χ0n) is 10.6. The van der Waals surface area contributed by atoms with Gasteiger partial charge in [-0.05, 0) is 25.8 Å². The molecule has 0 bridgehead atoms. The topological polar surface area (TPSA) is 63.5 Å². The minimum Gasteiger partial charge on any atom is -0.334 e. The summed E-state index contributed by atoms with van der Waals surface area (Å²) >= 11 is 5.71. The highest BCUT2D eigenvalue weighted by Gasteiger charge is 2.35. The molecule has 19 heavy (non-hydrogen) atoms. The molecule has 1 amide bonds. The van der Waals surface area contributed by atoms with Gasteiger partial charge in [0.25, 0.3) is 11.6 Å². The summed E-state index contributed by atoms with van der Waals surface area (Å²) in [7, 11) is 0. The van der Waals surface area contributed by atoms with Crippen LogP contribution in [0.15, 0.2) is 18.2 Å². The Morgan fingerprint density at radius 3 is 2.74 bits per heavy atom. The molecular formula is C13H15ClN2O3. The zero-order chi connectivity index (χ0) is 14.0. The van der Waals surface area contributed by atoms with E-state index in [0.29, 0.717) is 18.0 Å². The molecule has 1 saturated carbocycles. The second kappa shape index (κ2) is 5.57. The number of halogens is 1. The average Bonchev–Trinajstić information content (AvgIpc) is 3.18. The summed E-state index contributed by atoms with van der Waals surface area (Å²) in [6.07, 6.45) is 1.89. The summed E-state index contributed by atoms with van der Waals surface area (Å²) in [6, 6.07) is 5.00. The van der Waals surface area contributed by atoms with E-state index >= 15 is 0 Å². The quantitative estimate of drug-likeness (QED) is 0.474. The van der Waals surface area contributed by atoms with Crippen LogP contribution in [0.3, 0.4) is 0 Å². The monoisotopic (exact) mass is 282 g/mol. The number of aryl methyl sites for hydroxylation is 1. The first kappa shape index (κ1) is 13.8. The van der Waals surface area contributed by atoms with Gasteiger partial charge in [-0.3, -0.25) is 14.9 Å². The van der Waals surface area contributed by atoms with Crippen LogP contribution in [0.4, 0.5) is 5.69 Å². The fraction of sp³-hybridized carbons (Fsp3) is 0.462. The van der Waals surface area contributed by atoms with Gasteiger partial charge in [0.15, 0.2) is 0 Å². The fourth-order valence-corrected chi connectivity index (χ4v) is 2.34. The highest BCUT2D eigenvalue weighted by molar-refractivity contribution is 6.18. The number of hydrogen-bond acceptors (Lipinski definition) is 3. The Morgan fingerprint density at radius 2 is 2.21 bits per heavy atom. The van der Waals surface area contributed by atoms with E-state index in [1.807, 2.05) is 0 Å². The van der Waals surface area contributed by atoms with Crippen molar-refractivity contribution in [2.45, 2.75) is 25.8 Å². The van der Waals surface area contributed by atoms with E-state index < -0.39 is 4.92 Å². The summed E-state index contributed by atoms with van der Waals surface area (Å²) in [4.78, 5) is 24.7. The molecule has 1 aliphatic carbocycles. The molecule has 6 heteroatoms. The summed E-state index contributed by atoms with van der Waals surface area (Å²) in [6.45, 7) is 2.06. The minimum absolute atomic E-state index is 0.104. The number of benzene rings is 1. The minimum atomic E-state index is -0.492. The van der Waals surface area contributed by atoms with Crippen LogP contribution >= 0.6 is 11.6 Å². The largest absolute Gasteiger partial charge is 0.334 e. The van der Waals surface area contributed by atoms with Crippen molar-refractivity contribution in [2.75, 3.05) is 12.4 Å². The van der Waals surface area contributed by atoms with Gasteiger partial charge in [0.1, 0.15) is 5.56 Å². The Morgan fingerprint density at radius 1 is 1.53 bits per heavy atom. The lowest BCUT2D eigenvalue weighted by Crippen LogP contribution is -2.35. The van der Waals surface area contributed by atoms with Gasteiger partial charge in [-0.1, -0.05) is 12.1 Å². The highest BCUT2D eigenvalue weighted by atomic mass is 35.5. The molecule has 0 aliphatic heterocycles. The number of nitrogens with zero attached hydrogens (tertiary/aromatic N) is 2. The Kier molecular flexibility index (Phi) is 4.04. The zero-order valence-corrected chi connectivity index (χ0v) is 11.4. The first-order valence-corrected chi connectivity index (χ1v) is 6.70. The third-order valence-electron chi connectivity index (χ3n) is 3.22. The van der Waals surface area contributed by atoms with E-state index in [1.165, 1.54) is 6.07 Å². The second-order valence-electron chi connectivity index (χ2n) is 4.65. The molecule has 1 aromatic carbocycles. The summed E-state index contributed by atoms with van der Waals surface area (Å²) in [5, 5.41) is 11.1. The van der Waals surface area contributed by atoms with Crippen molar-refractivity contribution in [1.29, 1.82) is 0 Å². The standard InChI is InChI=1S/C13H15ClN2O3/c1-9-3-2-4-11(12(9)16(18)19)13(17)15(8-7-14)10-5-6-10/h2-4,10H,5-8H2,1H3. The molecule has 0 atom stereocenters. The van der Waals surface area contributed by atoms with Gasteiger partial charge in [0, 0.05) is 24.0 Å². The van der Waals surface area contributed by atoms with Crippen LogP contribution in [-0.4, -0.2) is 34.2 Å². The normalized spacial score (nSPS) is 14.2. The number of carbonyl (C=O) groups is 1. The Bertz CT molecular complexity index is 515. The molecule has 102 valence electrons. The Balaban J connectivity index is 2.37. The Hall–Kier alpha value is -1.62. The number of rotatable bonds is 5. The van der Waals surface area contributed by atoms with E-state index in [-0.39, 0.29) is 23.2 Å². The molecular weight excluding hydrogens is 268 g/mol. The van der Waals surface area contributed by atoms with E-state index in [4.69, 9.17) is 11.6 Å². The lowest BCUT2D eigenvalue weighted by atomic mass is 10.1. The average molecular weight is 283 g/mol. The molecule has 5 nitrogen and oxygen atoms in total. The maximum Gasteiger partial charge on any atom is 0.285 e. The van der Waals surface area contributed by atoms with Crippen molar-refractivity contribution in [3.63, 3.8) is 0 Å². The van der Waals surface area contributed by atoms with E-state index in [2.05, 4.69) is 0 Å². The third-order valence-corrected chi connectivity index (χ3v) is 3.39. The van der Waals surface area contributed by atoms with E-state index in [0.717, 1.165) is 12.8 Å². The van der Waals surface area contributed by atoms with Crippen molar-refractivity contribution in [3.8, 4) is 0 Å². The molecule has 1 fully saturated rings. The SMILES string of the molecule is Cc1cccc(C(=O)N(CCCl)C2CC2)c1[N+](=O)[O-]. The van der Waals surface area contributed by atoms with Crippen molar-refractivity contribution in [1.82, 2.24) is 4.90 Å². The number of alkyl halides is 1. The highest BCUT2D eigenvalue weighted by Crippen LogP contribution is 2.31. The van der Waals surface area contributed by atoms with Gasteiger partial charge in [-0.2, -0.15) is 0 Å². The number of para-hydroxylation sites is 1. The van der Waals surface area contributed by atoms with Crippen molar-refractivity contribution < 1.29 is 9.72 Å². The van der Waals surface area contributed by atoms with Gasteiger partial charge < -0.3 is 4.90 Å². The lowest BCUT2D eigenvalue weighted by molar-refractivity contribution is -0.385. The van der Waals surface area contributed by atoms with Crippen molar-refractivity contribution in [3.05, 3.63) is 39.4 Å². The predicted octanol–water partition coefficient (Wildman–Crippen LogP) is 2.75. The van der Waals surface area contributed by atoms with Gasteiger partial charge >= 0.3 is 0 Å². The van der Waals surface area contributed by atoms with Crippen LogP contribution in [0.1, 0.15) is 28.8 Å². The van der Waals surface area contributed by atoms with Crippen LogP contribution in [0.25, 0.3) is 0 Å². The smallest absolute Gasteiger partial charge is 0.285 e. The molecule has 0 saturated heterocycles. The number of nitro groups is 1. The summed E-state index contributed by atoms with van der Waals surface area (Å²) in [5.41, 5.74) is 0.548. The number of carbonyl (C=O) groups excluding carboxylic acids is 1. The van der Waals surface area contributed by atoms with Gasteiger partial charge in [0.05, 0.1) is 4.92 Å². The Labute approximate surface area is 116 Å². The van der Waals surface area contributed by atoms with E-state index in [1.54, 1.807) is 24.0 Å². The number of hydrogen-bond donors (Lipinski definition) is 0. The first-order valence-electron chi connectivity index (χ1n) is 6.17. The first-order chi connectivity index (χ1) is 9.06. The molecule has 2 rings (SSSR count). The maximum absolute atomic E-state index is 12.5. The lowest BCUT2D eigenvalue weighted by Gasteiger charge is -2.21. The number of nitro benzene ring substituents is 1. The molecule has 0 unspecified atom stereocenters. The van der Waals surface area contributed by atoms with Gasteiger partial charge in [0.2, 0.25) is 0 Å². The molecule has 1 aromatic rings. The van der Waals surface area contributed by atoms with Crippen molar-refractivity contribution in [2.24, 2.45) is 0 Å². The molecule has 1 aliphatic rings. The van der Waals surface area contributed by atoms with Crippen LogP contribution < -0.4 is 0 Å². The van der Waals surface area contributed by atoms with Gasteiger partial charge in [-0.25, -0.2) is 0 Å². The predicted molar refractivity (Wildman–Crippen MR) is 72.6 cm³/mol. The van der Waals surface area contributed by atoms with Crippen LogP contribution in [0.2, 0.25) is 0 Å². The van der Waals surface area contributed by atoms with Crippen LogP contribution in [-0.2, 0) is 0 Å². The van der Waals surface area contributed by atoms with Crippen LogP contribution in [0.5, 0.6) is 0 Å². The molecule has 0 spiro atoms. The molecule has 0 heterocycles. The molecule has 0 N–H and O–H groups in total. The maximum atomic E-state index is 12.5. The van der Waals surface area contributed by atoms with Crippen LogP contribution in [0, 0.1) is 17.0 Å². The summed E-state index contributed by atoms with van der Waals surface area (Å²) in [5.74, 6) is 0.0422. The van der Waals surface area contributed by atoms with Crippen molar-refractivity contribution >= 4 is 23.2 Å². The second-order valence-corrected chi connectivity index (χ2v) is 5.02.